The number of aromatic hydroxyl groups is 1. The van der Waals surface area contributed by atoms with Gasteiger partial charge in [0.25, 0.3) is 0 Å². The molecule has 1 radical (unpaired) electrons. The number of rotatable bonds is 0. The normalized spacial score (nSPS) is 9.29. The molecule has 0 amide bonds. The average molecular weight is 96.1 g/mol. The van der Waals surface area contributed by atoms with Crippen LogP contribution in [-0.4, -0.2) is 9.67 Å². The highest BCUT2D eigenvalue weighted by Gasteiger charge is 1.84. The van der Waals surface area contributed by atoms with Crippen LogP contribution in [-0.2, 0) is 7.05 Å². The van der Waals surface area contributed by atoms with E-state index in [0.29, 0.717) is 0 Å². The summed E-state index contributed by atoms with van der Waals surface area (Å²) in [6.45, 7) is 0. The first-order valence-electron chi connectivity index (χ1n) is 2.01. The summed E-state index contributed by atoms with van der Waals surface area (Å²) < 4.78 is 1.73. The molecule has 0 aromatic carbocycles. The molecule has 2 heteroatoms. The van der Waals surface area contributed by atoms with Gasteiger partial charge < -0.3 is 9.67 Å². The van der Waals surface area contributed by atoms with Crippen LogP contribution in [0.2, 0.25) is 0 Å². The first-order chi connectivity index (χ1) is 3.29. The number of aryl methyl sites for hydroxylation is 1. The van der Waals surface area contributed by atoms with Crippen LogP contribution < -0.4 is 0 Å². The molecule has 0 saturated carbocycles. The standard InChI is InChI=1S/C5H6NO/c1-6-3-2-5(7)4-6/h3-4,7H,1H3. The Morgan fingerprint density at radius 3 is 2.71 bits per heavy atom. The smallest absolute Gasteiger partial charge is 0.141 e. The molecule has 1 rings (SSSR count). The van der Waals surface area contributed by atoms with Crippen LogP contribution in [0, 0.1) is 6.07 Å². The third-order valence-electron chi connectivity index (χ3n) is 0.742. The Hall–Kier alpha value is -0.920. The van der Waals surface area contributed by atoms with Crippen molar-refractivity contribution < 1.29 is 5.11 Å². The number of aromatic nitrogens is 1. The van der Waals surface area contributed by atoms with Crippen LogP contribution in [0.4, 0.5) is 0 Å². The van der Waals surface area contributed by atoms with Crippen LogP contribution in [0.15, 0.2) is 12.4 Å². The maximum absolute atomic E-state index is 8.58. The summed E-state index contributed by atoms with van der Waals surface area (Å²) in [5, 5.41) is 8.58. The fourth-order valence-electron chi connectivity index (χ4n) is 0.435. The number of nitrogens with zero attached hydrogens (tertiary/aromatic N) is 1. The molecule has 7 heavy (non-hydrogen) atoms. The Balaban J connectivity index is 3.04. The largest absolute Gasteiger partial charge is 0.506 e. The second-order valence-corrected chi connectivity index (χ2v) is 1.45. The minimum absolute atomic E-state index is 0.197. The minimum atomic E-state index is 0.197. The van der Waals surface area contributed by atoms with Crippen molar-refractivity contribution in [2.45, 2.75) is 0 Å². The van der Waals surface area contributed by atoms with E-state index >= 15 is 0 Å². The Bertz CT molecular complexity index is 140. The van der Waals surface area contributed by atoms with Crippen molar-refractivity contribution in [2.24, 2.45) is 7.05 Å². The highest BCUT2D eigenvalue weighted by atomic mass is 16.3. The predicted molar refractivity (Wildman–Crippen MR) is 25.9 cm³/mol. The molecule has 2 nitrogen and oxygen atoms in total. The van der Waals surface area contributed by atoms with Gasteiger partial charge in [0, 0.05) is 25.5 Å². The van der Waals surface area contributed by atoms with Gasteiger partial charge in [-0.15, -0.1) is 0 Å². The van der Waals surface area contributed by atoms with Gasteiger partial charge in [0.05, 0.1) is 0 Å². The quantitative estimate of drug-likeness (QED) is 0.500. The number of hydrogen-bond donors (Lipinski definition) is 1. The molecule has 0 aliphatic heterocycles. The van der Waals surface area contributed by atoms with Gasteiger partial charge in [-0.05, 0) is 0 Å². The van der Waals surface area contributed by atoms with E-state index in [0.717, 1.165) is 0 Å². The summed E-state index contributed by atoms with van der Waals surface area (Å²) in [6, 6.07) is 2.59. The summed E-state index contributed by atoms with van der Waals surface area (Å²) in [7, 11) is 1.83. The predicted octanol–water partition coefficient (Wildman–Crippen LogP) is 0.531. The van der Waals surface area contributed by atoms with E-state index in [-0.39, 0.29) is 5.75 Å². The minimum Gasteiger partial charge on any atom is -0.506 e. The van der Waals surface area contributed by atoms with Crippen molar-refractivity contribution >= 4 is 0 Å². The molecule has 1 N–H and O–H groups in total. The second-order valence-electron chi connectivity index (χ2n) is 1.45. The highest BCUT2D eigenvalue weighted by molar-refractivity contribution is 5.12. The molecule has 1 heterocycles. The third kappa shape index (κ3) is 0.738. The lowest BCUT2D eigenvalue weighted by Gasteiger charge is -1.80. The molecular weight excluding hydrogens is 90.1 g/mol. The maximum atomic E-state index is 8.58. The van der Waals surface area contributed by atoms with Gasteiger partial charge in [-0.2, -0.15) is 0 Å². The molecule has 0 bridgehead atoms. The van der Waals surface area contributed by atoms with Gasteiger partial charge in [-0.1, -0.05) is 0 Å². The van der Waals surface area contributed by atoms with E-state index in [2.05, 4.69) is 6.07 Å². The van der Waals surface area contributed by atoms with Gasteiger partial charge in [0.15, 0.2) is 0 Å². The summed E-state index contributed by atoms with van der Waals surface area (Å²) >= 11 is 0. The van der Waals surface area contributed by atoms with Crippen molar-refractivity contribution in [3.8, 4) is 5.75 Å². The third-order valence-corrected chi connectivity index (χ3v) is 0.742. The van der Waals surface area contributed by atoms with Crippen molar-refractivity contribution in [3.05, 3.63) is 18.5 Å². The fourth-order valence-corrected chi connectivity index (χ4v) is 0.435. The molecule has 37 valence electrons. The first-order valence-corrected chi connectivity index (χ1v) is 2.01. The Kier molecular flexibility index (Phi) is 0.785. The summed E-state index contributed by atoms with van der Waals surface area (Å²) in [5.74, 6) is 0.197. The Morgan fingerprint density at radius 1 is 1.86 bits per heavy atom. The molecule has 0 aliphatic rings. The molecule has 0 aliphatic carbocycles. The van der Waals surface area contributed by atoms with Gasteiger partial charge >= 0.3 is 0 Å². The fraction of sp³-hybridized carbons (Fsp3) is 0.200. The molecule has 1 aromatic rings. The topological polar surface area (TPSA) is 25.2 Å². The molecule has 0 saturated heterocycles. The molecule has 1 aromatic heterocycles. The van der Waals surface area contributed by atoms with Gasteiger partial charge in [0.2, 0.25) is 0 Å². The zero-order chi connectivity index (χ0) is 5.28. The zero-order valence-corrected chi connectivity index (χ0v) is 4.05. The summed E-state index contributed by atoms with van der Waals surface area (Å²) in [4.78, 5) is 0. The Morgan fingerprint density at radius 2 is 2.57 bits per heavy atom. The van der Waals surface area contributed by atoms with E-state index in [1.165, 1.54) is 0 Å². The van der Waals surface area contributed by atoms with E-state index in [1.807, 2.05) is 7.05 Å². The maximum Gasteiger partial charge on any atom is 0.141 e. The second kappa shape index (κ2) is 1.30. The van der Waals surface area contributed by atoms with Crippen molar-refractivity contribution in [2.75, 3.05) is 0 Å². The van der Waals surface area contributed by atoms with Gasteiger partial charge in [-0.25, -0.2) is 0 Å². The van der Waals surface area contributed by atoms with E-state index in [9.17, 15) is 0 Å². The lowest BCUT2D eigenvalue weighted by atomic mass is 10.6. The van der Waals surface area contributed by atoms with Crippen LogP contribution in [0.1, 0.15) is 0 Å². The van der Waals surface area contributed by atoms with Crippen LogP contribution in [0.25, 0.3) is 0 Å². The average Bonchev–Trinajstić information content (AvgIpc) is 1.87. The summed E-state index contributed by atoms with van der Waals surface area (Å²) in [6.07, 6.45) is 3.25. The number of hydrogen-bond acceptors (Lipinski definition) is 1. The van der Waals surface area contributed by atoms with Crippen LogP contribution in [0.3, 0.4) is 0 Å². The van der Waals surface area contributed by atoms with E-state index in [1.54, 1.807) is 17.0 Å². The van der Waals surface area contributed by atoms with Crippen molar-refractivity contribution in [3.63, 3.8) is 0 Å². The molecule has 0 spiro atoms. The monoisotopic (exact) mass is 96.0 g/mol. The zero-order valence-electron chi connectivity index (χ0n) is 4.05. The van der Waals surface area contributed by atoms with Crippen molar-refractivity contribution in [1.82, 2.24) is 4.57 Å². The van der Waals surface area contributed by atoms with Crippen LogP contribution >= 0.6 is 0 Å². The first kappa shape index (κ1) is 4.24. The lowest BCUT2D eigenvalue weighted by molar-refractivity contribution is 0.473. The molecule has 0 unspecified atom stereocenters. The van der Waals surface area contributed by atoms with Gasteiger partial charge in [-0.3, -0.25) is 0 Å². The van der Waals surface area contributed by atoms with Crippen LogP contribution in [0.5, 0.6) is 5.75 Å². The lowest BCUT2D eigenvalue weighted by Crippen LogP contribution is -1.75. The summed E-state index contributed by atoms with van der Waals surface area (Å²) in [5.41, 5.74) is 0. The highest BCUT2D eigenvalue weighted by Crippen LogP contribution is 2.03. The Labute approximate surface area is 42.0 Å². The van der Waals surface area contributed by atoms with Gasteiger partial charge in [0.1, 0.15) is 5.75 Å². The van der Waals surface area contributed by atoms with Crippen molar-refractivity contribution in [1.29, 1.82) is 0 Å². The van der Waals surface area contributed by atoms with E-state index < -0.39 is 0 Å². The molecule has 0 fully saturated rings. The molecule has 0 atom stereocenters. The van der Waals surface area contributed by atoms with E-state index in [4.69, 9.17) is 5.11 Å². The molecular formula is C5H6NO. The SMILES string of the molecule is Cn1c[c]c(O)c1.